The maximum Gasteiger partial charge on any atom is 0.336 e. The molecule has 6 aromatic rings. The fourth-order valence-electron chi connectivity index (χ4n) is 6.12. The van der Waals surface area contributed by atoms with Crippen molar-refractivity contribution in [1.82, 2.24) is 5.32 Å². The van der Waals surface area contributed by atoms with Gasteiger partial charge in [0.1, 0.15) is 29.6 Å². The van der Waals surface area contributed by atoms with E-state index in [-0.39, 0.29) is 28.7 Å². The van der Waals surface area contributed by atoms with Crippen molar-refractivity contribution >= 4 is 23.5 Å². The second-order valence-electron chi connectivity index (χ2n) is 13.5. The summed E-state index contributed by atoms with van der Waals surface area (Å²) in [6.07, 6.45) is 0. The number of aryl methyl sites for hydroxylation is 1. The summed E-state index contributed by atoms with van der Waals surface area (Å²) >= 11 is 0. The van der Waals surface area contributed by atoms with E-state index in [1.54, 1.807) is 48.5 Å². The lowest BCUT2D eigenvalue weighted by molar-refractivity contribution is -0.253. The first-order valence-electron chi connectivity index (χ1n) is 17.5. The van der Waals surface area contributed by atoms with Gasteiger partial charge in [0.2, 0.25) is 0 Å². The first kappa shape index (κ1) is 38.0. The molecule has 10 heteroatoms. The molecule has 0 fully saturated rings. The number of hydrogen-bond donors (Lipinski definition) is 4. The van der Waals surface area contributed by atoms with Gasteiger partial charge in [-0.25, -0.2) is 9.68 Å². The fraction of sp³-hybridized carbons (Fsp3) is 0.133. The Morgan fingerprint density at radius 1 is 0.600 bits per heavy atom. The van der Waals surface area contributed by atoms with Gasteiger partial charge in [-0.1, -0.05) is 74.0 Å². The van der Waals surface area contributed by atoms with Gasteiger partial charge in [0, 0.05) is 23.7 Å². The van der Waals surface area contributed by atoms with Gasteiger partial charge in [0.25, 0.3) is 11.8 Å². The zero-order valence-corrected chi connectivity index (χ0v) is 30.8. The van der Waals surface area contributed by atoms with Crippen molar-refractivity contribution in [1.29, 1.82) is 0 Å². The Balaban J connectivity index is 1.12. The van der Waals surface area contributed by atoms with E-state index in [0.717, 1.165) is 22.6 Å². The van der Waals surface area contributed by atoms with E-state index < -0.39 is 17.8 Å². The SMILES string of the molecule is CNC(=O)c1cc(-c2ccc(COO)c(C(=O)Nc3ccc(Oc4ccc(C(C)(C)c5ccc(Oc6ccc(C)cc6)cc5)cc4)cc3)c2)ccc1C(=O)O. The summed E-state index contributed by atoms with van der Waals surface area (Å²) in [5.74, 6) is 0.525. The predicted octanol–water partition coefficient (Wildman–Crippen LogP) is 9.87. The number of carbonyl (C=O) groups excluding carboxylic acids is 2. The standard InChI is InChI=1S/C45H40N2O8/c1-28-5-16-35(17-6-28)54-36-18-10-32(11-19-36)45(2,3)33-12-20-37(21-13-33)55-38-22-14-34(15-23-38)47-43(49)40-25-29(7-8-31(40)27-53-52)30-9-24-39(44(50)51)41(26-30)42(48)46-4/h5-26,52H,27H2,1-4H3,(H,46,48)(H,47,49)(H,50,51). The van der Waals surface area contributed by atoms with Crippen molar-refractivity contribution in [2.24, 2.45) is 0 Å². The number of carboxylic acid groups (broad SMARTS) is 1. The number of amides is 2. The molecule has 0 aliphatic rings. The smallest absolute Gasteiger partial charge is 0.336 e. The lowest BCUT2D eigenvalue weighted by atomic mass is 9.78. The van der Waals surface area contributed by atoms with Gasteiger partial charge in [0.15, 0.2) is 0 Å². The second kappa shape index (κ2) is 16.5. The van der Waals surface area contributed by atoms with Crippen LogP contribution in [0.25, 0.3) is 11.1 Å². The summed E-state index contributed by atoms with van der Waals surface area (Å²) < 4.78 is 12.1. The Labute approximate surface area is 318 Å². The molecule has 0 saturated carbocycles. The van der Waals surface area contributed by atoms with Gasteiger partial charge < -0.3 is 25.2 Å². The van der Waals surface area contributed by atoms with Crippen LogP contribution in [0, 0.1) is 6.92 Å². The Hall–Kier alpha value is -6.75. The Morgan fingerprint density at radius 3 is 1.56 bits per heavy atom. The highest BCUT2D eigenvalue weighted by molar-refractivity contribution is 6.07. The first-order valence-corrected chi connectivity index (χ1v) is 17.5. The number of carboxylic acids is 1. The largest absolute Gasteiger partial charge is 0.478 e. The number of aromatic carboxylic acids is 1. The summed E-state index contributed by atoms with van der Waals surface area (Å²) in [7, 11) is 1.41. The van der Waals surface area contributed by atoms with Gasteiger partial charge in [-0.15, -0.1) is 0 Å². The lowest BCUT2D eigenvalue weighted by Gasteiger charge is -2.26. The van der Waals surface area contributed by atoms with E-state index >= 15 is 0 Å². The zero-order chi connectivity index (χ0) is 39.1. The van der Waals surface area contributed by atoms with E-state index in [2.05, 4.69) is 41.5 Å². The minimum atomic E-state index is -1.24. The molecule has 0 aromatic heterocycles. The molecule has 0 aliphatic carbocycles. The molecule has 0 heterocycles. The molecule has 0 spiro atoms. The maximum absolute atomic E-state index is 13.5. The Kier molecular flexibility index (Phi) is 11.4. The number of nitrogens with one attached hydrogen (secondary N) is 2. The van der Waals surface area contributed by atoms with Crippen LogP contribution in [0.4, 0.5) is 5.69 Å². The summed E-state index contributed by atoms with van der Waals surface area (Å²) in [5, 5.41) is 24.0. The van der Waals surface area contributed by atoms with Crippen LogP contribution in [-0.4, -0.2) is 35.2 Å². The second-order valence-corrected chi connectivity index (χ2v) is 13.5. The number of ether oxygens (including phenoxy) is 2. The topological polar surface area (TPSA) is 143 Å². The third kappa shape index (κ3) is 8.90. The summed E-state index contributed by atoms with van der Waals surface area (Å²) in [6, 6.07) is 40.2. The quantitative estimate of drug-likeness (QED) is 0.0678. The molecule has 0 bridgehead atoms. The average molecular weight is 737 g/mol. The van der Waals surface area contributed by atoms with Crippen LogP contribution in [0.2, 0.25) is 0 Å². The molecule has 0 atom stereocenters. The van der Waals surface area contributed by atoms with E-state index in [1.807, 2.05) is 67.6 Å². The molecular weight excluding hydrogens is 697 g/mol. The molecule has 2 amide bonds. The highest BCUT2D eigenvalue weighted by atomic mass is 17.1. The molecule has 0 aliphatic heterocycles. The number of rotatable bonds is 13. The minimum absolute atomic E-state index is 0.0186. The third-order valence-electron chi connectivity index (χ3n) is 9.39. The molecule has 10 nitrogen and oxygen atoms in total. The van der Waals surface area contributed by atoms with Crippen molar-refractivity contribution in [3.63, 3.8) is 0 Å². The van der Waals surface area contributed by atoms with Crippen LogP contribution >= 0.6 is 0 Å². The highest BCUT2D eigenvalue weighted by Gasteiger charge is 2.24. The molecule has 0 saturated heterocycles. The molecule has 278 valence electrons. The molecule has 6 rings (SSSR count). The third-order valence-corrected chi connectivity index (χ3v) is 9.39. The lowest BCUT2D eigenvalue weighted by Crippen LogP contribution is -2.21. The molecule has 0 unspecified atom stereocenters. The van der Waals surface area contributed by atoms with Crippen molar-refractivity contribution < 1.29 is 39.1 Å². The van der Waals surface area contributed by atoms with Crippen LogP contribution in [0.15, 0.2) is 133 Å². The molecular formula is C45H40N2O8. The van der Waals surface area contributed by atoms with Gasteiger partial charge in [0.05, 0.1) is 11.1 Å². The normalized spacial score (nSPS) is 11.1. The minimum Gasteiger partial charge on any atom is -0.478 e. The monoisotopic (exact) mass is 736 g/mol. The van der Waals surface area contributed by atoms with Gasteiger partial charge in [-0.2, -0.15) is 0 Å². The van der Waals surface area contributed by atoms with E-state index in [0.29, 0.717) is 33.9 Å². The van der Waals surface area contributed by atoms with Crippen LogP contribution in [-0.2, 0) is 16.9 Å². The van der Waals surface area contributed by atoms with Crippen LogP contribution in [0.3, 0.4) is 0 Å². The van der Waals surface area contributed by atoms with Crippen molar-refractivity contribution in [3.8, 4) is 34.1 Å². The van der Waals surface area contributed by atoms with Crippen LogP contribution in [0.1, 0.15) is 67.2 Å². The summed E-state index contributed by atoms with van der Waals surface area (Å²) in [4.78, 5) is 42.0. The number of anilines is 1. The number of hydrogen-bond acceptors (Lipinski definition) is 7. The van der Waals surface area contributed by atoms with Crippen molar-refractivity contribution in [3.05, 3.63) is 172 Å². The summed E-state index contributed by atoms with van der Waals surface area (Å²) in [6.45, 7) is 6.14. The Bertz CT molecular complexity index is 2320. The fourth-order valence-corrected chi connectivity index (χ4v) is 6.12. The van der Waals surface area contributed by atoms with Gasteiger partial charge in [-0.05, 0) is 114 Å². The highest BCUT2D eigenvalue weighted by Crippen LogP contribution is 2.35. The zero-order valence-electron chi connectivity index (χ0n) is 30.8. The molecule has 4 N–H and O–H groups in total. The molecule has 6 aromatic carbocycles. The van der Waals surface area contributed by atoms with E-state index in [4.69, 9.17) is 9.47 Å². The van der Waals surface area contributed by atoms with Crippen LogP contribution < -0.4 is 20.1 Å². The maximum atomic E-state index is 13.5. The predicted molar refractivity (Wildman–Crippen MR) is 210 cm³/mol. The summed E-state index contributed by atoms with van der Waals surface area (Å²) in [5.41, 5.74) is 5.18. The first-order chi connectivity index (χ1) is 26.4. The van der Waals surface area contributed by atoms with Crippen molar-refractivity contribution in [2.75, 3.05) is 12.4 Å². The van der Waals surface area contributed by atoms with E-state index in [1.165, 1.54) is 24.7 Å². The van der Waals surface area contributed by atoms with Gasteiger partial charge in [-0.3, -0.25) is 14.8 Å². The van der Waals surface area contributed by atoms with Crippen molar-refractivity contribution in [2.45, 2.75) is 32.8 Å². The molecule has 0 radical (unpaired) electrons. The number of carbonyl (C=O) groups is 3. The van der Waals surface area contributed by atoms with E-state index in [9.17, 15) is 24.7 Å². The van der Waals surface area contributed by atoms with Gasteiger partial charge >= 0.3 is 5.97 Å². The van der Waals surface area contributed by atoms with Crippen LogP contribution in [0.5, 0.6) is 23.0 Å². The average Bonchev–Trinajstić information content (AvgIpc) is 3.19. The number of benzene rings is 6. The Morgan fingerprint density at radius 2 is 1.07 bits per heavy atom. The molecule has 55 heavy (non-hydrogen) atoms.